The van der Waals surface area contributed by atoms with E-state index in [0.29, 0.717) is 12.0 Å². The van der Waals surface area contributed by atoms with Crippen LogP contribution in [0.1, 0.15) is 37.2 Å². The van der Waals surface area contributed by atoms with Crippen LogP contribution >= 0.6 is 12.4 Å². The fourth-order valence-corrected chi connectivity index (χ4v) is 2.27. The third-order valence-electron chi connectivity index (χ3n) is 3.05. The van der Waals surface area contributed by atoms with Crippen LogP contribution in [0.25, 0.3) is 0 Å². The molecule has 2 N–H and O–H groups in total. The van der Waals surface area contributed by atoms with E-state index < -0.39 is 0 Å². The summed E-state index contributed by atoms with van der Waals surface area (Å²) in [7, 11) is 0. The number of halogens is 1. The van der Waals surface area contributed by atoms with Crippen molar-refractivity contribution in [1.82, 2.24) is 0 Å². The Labute approximate surface area is 92.1 Å². The number of benzene rings is 1. The topological polar surface area (TPSA) is 26.0 Å². The molecule has 1 saturated carbocycles. The van der Waals surface area contributed by atoms with Crippen molar-refractivity contribution < 1.29 is 0 Å². The lowest BCUT2D eigenvalue weighted by Crippen LogP contribution is -2.31. The van der Waals surface area contributed by atoms with Crippen molar-refractivity contribution in [2.45, 2.75) is 37.6 Å². The minimum absolute atomic E-state index is 0. The summed E-state index contributed by atoms with van der Waals surface area (Å²) >= 11 is 0. The minimum Gasteiger partial charge on any atom is -0.327 e. The molecule has 1 fully saturated rings. The lowest BCUT2D eigenvalue weighted by molar-refractivity contribution is 0.385. The van der Waals surface area contributed by atoms with E-state index in [1.54, 1.807) is 0 Å². The van der Waals surface area contributed by atoms with Crippen LogP contribution in [-0.2, 0) is 0 Å². The highest BCUT2D eigenvalue weighted by Gasteiger charge is 2.22. The van der Waals surface area contributed by atoms with Crippen LogP contribution in [0.4, 0.5) is 0 Å². The summed E-state index contributed by atoms with van der Waals surface area (Å²) in [5.41, 5.74) is 7.54. The third-order valence-corrected chi connectivity index (χ3v) is 3.05. The molecule has 0 spiro atoms. The van der Waals surface area contributed by atoms with E-state index in [2.05, 4.69) is 30.3 Å². The van der Waals surface area contributed by atoms with Crippen LogP contribution in [0.5, 0.6) is 0 Å². The molecule has 0 aromatic heterocycles. The predicted octanol–water partition coefficient (Wildman–Crippen LogP) is 3.09. The van der Waals surface area contributed by atoms with E-state index in [1.807, 2.05) is 0 Å². The molecule has 2 heteroatoms. The maximum atomic E-state index is 6.11. The van der Waals surface area contributed by atoms with Gasteiger partial charge in [-0.1, -0.05) is 43.2 Å². The van der Waals surface area contributed by atoms with E-state index >= 15 is 0 Å². The second-order valence-corrected chi connectivity index (χ2v) is 3.97. The molecule has 0 unspecified atom stereocenters. The molecular formula is C12H18ClN. The lowest BCUT2D eigenvalue weighted by Gasteiger charge is -2.28. The number of nitrogens with two attached hydrogens (primary N) is 1. The molecule has 0 aliphatic heterocycles. The first kappa shape index (κ1) is 11.5. The first-order valence-corrected chi connectivity index (χ1v) is 5.18. The summed E-state index contributed by atoms with van der Waals surface area (Å²) in [6, 6.07) is 11.1. The second-order valence-electron chi connectivity index (χ2n) is 3.97. The molecule has 0 radical (unpaired) electrons. The summed E-state index contributed by atoms with van der Waals surface area (Å²) in [5, 5.41) is 0. The quantitative estimate of drug-likeness (QED) is 0.759. The van der Waals surface area contributed by atoms with Gasteiger partial charge in [0.05, 0.1) is 0 Å². The monoisotopic (exact) mass is 211 g/mol. The van der Waals surface area contributed by atoms with Gasteiger partial charge in [0, 0.05) is 6.04 Å². The predicted molar refractivity (Wildman–Crippen MR) is 62.9 cm³/mol. The molecule has 2 rings (SSSR count). The summed E-state index contributed by atoms with van der Waals surface area (Å²) in [6.45, 7) is 0. The molecule has 1 aliphatic carbocycles. The van der Waals surface area contributed by atoms with Crippen LogP contribution in [0.3, 0.4) is 0 Å². The smallest absolute Gasteiger partial charge is 0.0108 e. The van der Waals surface area contributed by atoms with Gasteiger partial charge >= 0.3 is 0 Å². The Hall–Kier alpha value is -0.530. The van der Waals surface area contributed by atoms with Gasteiger partial charge in [0.1, 0.15) is 0 Å². The highest BCUT2D eigenvalue weighted by molar-refractivity contribution is 5.85. The maximum Gasteiger partial charge on any atom is 0.0108 e. The van der Waals surface area contributed by atoms with Crippen molar-refractivity contribution in [1.29, 1.82) is 0 Å². The van der Waals surface area contributed by atoms with Crippen LogP contribution < -0.4 is 5.73 Å². The van der Waals surface area contributed by atoms with E-state index in [9.17, 15) is 0 Å². The molecule has 0 amide bonds. The average Bonchev–Trinajstić information content (AvgIpc) is 2.20. The van der Waals surface area contributed by atoms with Gasteiger partial charge in [0.2, 0.25) is 0 Å². The van der Waals surface area contributed by atoms with E-state index in [4.69, 9.17) is 5.73 Å². The Kier molecular flexibility index (Phi) is 4.43. The Morgan fingerprint density at radius 1 is 1.00 bits per heavy atom. The molecule has 1 aromatic rings. The largest absolute Gasteiger partial charge is 0.327 e. The van der Waals surface area contributed by atoms with Crippen LogP contribution in [0, 0.1) is 0 Å². The Morgan fingerprint density at radius 2 is 1.64 bits per heavy atom. The zero-order valence-electron chi connectivity index (χ0n) is 8.36. The standard InChI is InChI=1S/C12H17N.ClH/c13-12-9-5-4-8-11(12)10-6-2-1-3-7-10;/h1-3,6-7,11-12H,4-5,8-9,13H2;1H/t11-,12+;/m0./s1. The molecule has 14 heavy (non-hydrogen) atoms. The second kappa shape index (κ2) is 5.38. The summed E-state index contributed by atoms with van der Waals surface area (Å²) in [4.78, 5) is 0. The van der Waals surface area contributed by atoms with E-state index in [1.165, 1.54) is 31.2 Å². The third kappa shape index (κ3) is 2.49. The van der Waals surface area contributed by atoms with Gasteiger partial charge < -0.3 is 5.73 Å². The van der Waals surface area contributed by atoms with Crippen molar-refractivity contribution in [3.05, 3.63) is 35.9 Å². The van der Waals surface area contributed by atoms with Crippen LogP contribution in [0.15, 0.2) is 30.3 Å². The molecule has 78 valence electrons. The molecule has 1 nitrogen and oxygen atoms in total. The van der Waals surface area contributed by atoms with Crippen molar-refractivity contribution in [2.24, 2.45) is 5.73 Å². The van der Waals surface area contributed by atoms with Gasteiger partial charge in [-0.25, -0.2) is 0 Å². The molecule has 0 saturated heterocycles. The summed E-state index contributed by atoms with van der Waals surface area (Å²) < 4.78 is 0. The van der Waals surface area contributed by atoms with Gasteiger partial charge in [0.25, 0.3) is 0 Å². The highest BCUT2D eigenvalue weighted by Crippen LogP contribution is 2.31. The Morgan fingerprint density at radius 3 is 2.29 bits per heavy atom. The Bertz CT molecular complexity index is 260. The average molecular weight is 212 g/mol. The zero-order valence-corrected chi connectivity index (χ0v) is 9.17. The van der Waals surface area contributed by atoms with Crippen molar-refractivity contribution in [2.75, 3.05) is 0 Å². The van der Waals surface area contributed by atoms with E-state index in [-0.39, 0.29) is 12.4 Å². The maximum absolute atomic E-state index is 6.11. The number of hydrogen-bond donors (Lipinski definition) is 1. The van der Waals surface area contributed by atoms with Gasteiger partial charge in [0.15, 0.2) is 0 Å². The number of rotatable bonds is 1. The van der Waals surface area contributed by atoms with Gasteiger partial charge in [-0.3, -0.25) is 0 Å². The Balaban J connectivity index is 0.000000980. The first-order chi connectivity index (χ1) is 6.38. The van der Waals surface area contributed by atoms with Crippen molar-refractivity contribution >= 4 is 12.4 Å². The highest BCUT2D eigenvalue weighted by atomic mass is 35.5. The van der Waals surface area contributed by atoms with Crippen LogP contribution in [-0.4, -0.2) is 6.04 Å². The number of hydrogen-bond acceptors (Lipinski definition) is 1. The first-order valence-electron chi connectivity index (χ1n) is 5.18. The summed E-state index contributed by atoms with van der Waals surface area (Å²) in [6.07, 6.45) is 5.11. The fourth-order valence-electron chi connectivity index (χ4n) is 2.27. The molecule has 2 atom stereocenters. The molecule has 1 aliphatic rings. The zero-order chi connectivity index (χ0) is 9.10. The lowest BCUT2D eigenvalue weighted by atomic mass is 9.80. The van der Waals surface area contributed by atoms with E-state index in [0.717, 1.165) is 0 Å². The summed E-state index contributed by atoms with van der Waals surface area (Å²) in [5.74, 6) is 0.606. The normalized spacial score (nSPS) is 26.6. The molecule has 0 heterocycles. The van der Waals surface area contributed by atoms with Crippen molar-refractivity contribution in [3.8, 4) is 0 Å². The SMILES string of the molecule is Cl.N[C@@H]1CCCC[C@H]1c1ccccc1. The van der Waals surface area contributed by atoms with Crippen molar-refractivity contribution in [3.63, 3.8) is 0 Å². The fraction of sp³-hybridized carbons (Fsp3) is 0.500. The molecule has 0 bridgehead atoms. The van der Waals surface area contributed by atoms with Gasteiger partial charge in [-0.2, -0.15) is 0 Å². The minimum atomic E-state index is 0. The van der Waals surface area contributed by atoms with Gasteiger partial charge in [-0.05, 0) is 24.3 Å². The van der Waals surface area contributed by atoms with Gasteiger partial charge in [-0.15, -0.1) is 12.4 Å². The van der Waals surface area contributed by atoms with Crippen LogP contribution in [0.2, 0.25) is 0 Å². The molecule has 1 aromatic carbocycles. The molecular weight excluding hydrogens is 194 g/mol.